The van der Waals surface area contributed by atoms with Crippen LogP contribution in [0.15, 0.2) is 29.2 Å². The molecule has 0 radical (unpaired) electrons. The molecule has 1 aliphatic heterocycles. The smallest absolute Gasteiger partial charge is 0.243 e. The minimum Gasteiger partial charge on any atom is -0.313 e. The maximum Gasteiger partial charge on any atom is 0.243 e. The van der Waals surface area contributed by atoms with E-state index in [9.17, 15) is 12.8 Å². The Morgan fingerprint density at radius 3 is 2.24 bits per heavy atom. The number of rotatable bonds is 3. The summed E-state index contributed by atoms with van der Waals surface area (Å²) in [4.78, 5) is 0.128. The molecular formula is C10H14ClFN2O2S. The van der Waals surface area contributed by atoms with Gasteiger partial charge in [0.1, 0.15) is 5.82 Å². The predicted octanol–water partition coefficient (Wildman–Crippen LogP) is 0.840. The van der Waals surface area contributed by atoms with Gasteiger partial charge in [-0.15, -0.1) is 12.4 Å². The van der Waals surface area contributed by atoms with Crippen molar-refractivity contribution in [2.24, 2.45) is 0 Å². The van der Waals surface area contributed by atoms with Crippen molar-refractivity contribution in [2.75, 3.05) is 20.1 Å². The predicted molar refractivity (Wildman–Crippen MR) is 65.3 cm³/mol. The van der Waals surface area contributed by atoms with Crippen LogP contribution in [-0.2, 0) is 10.0 Å². The second-order valence-corrected chi connectivity index (χ2v) is 5.78. The molecule has 1 N–H and O–H groups in total. The lowest BCUT2D eigenvalue weighted by Crippen LogP contribution is -2.57. The molecule has 0 atom stereocenters. The van der Waals surface area contributed by atoms with Gasteiger partial charge >= 0.3 is 0 Å². The monoisotopic (exact) mass is 280 g/mol. The highest BCUT2D eigenvalue weighted by Crippen LogP contribution is 2.18. The van der Waals surface area contributed by atoms with Gasteiger partial charge < -0.3 is 5.32 Å². The number of hydrogen-bond donors (Lipinski definition) is 1. The Labute approximate surface area is 106 Å². The Morgan fingerprint density at radius 2 is 1.82 bits per heavy atom. The molecule has 7 heteroatoms. The first-order chi connectivity index (χ1) is 7.51. The highest BCUT2D eigenvalue weighted by molar-refractivity contribution is 7.89. The van der Waals surface area contributed by atoms with Gasteiger partial charge in [-0.2, -0.15) is 4.31 Å². The zero-order valence-corrected chi connectivity index (χ0v) is 10.9. The molecule has 0 amide bonds. The van der Waals surface area contributed by atoms with Crippen molar-refractivity contribution >= 4 is 22.4 Å². The SMILES string of the molecule is CN(C1CNC1)S(=O)(=O)c1ccc(F)cc1.Cl. The Balaban J connectivity index is 0.00000144. The Bertz CT molecular complexity index is 474. The van der Waals surface area contributed by atoms with E-state index in [1.54, 1.807) is 7.05 Å². The first-order valence-electron chi connectivity index (χ1n) is 4.96. The highest BCUT2D eigenvalue weighted by atomic mass is 35.5. The van der Waals surface area contributed by atoms with Crippen LogP contribution in [0, 0.1) is 5.82 Å². The standard InChI is InChI=1S/C10H13FN2O2S.ClH/c1-13(9-6-12-7-9)16(14,15)10-4-2-8(11)3-5-10;/h2-5,9,12H,6-7H2,1H3;1H. The van der Waals surface area contributed by atoms with Crippen LogP contribution >= 0.6 is 12.4 Å². The molecular weight excluding hydrogens is 267 g/mol. The number of hydrogen-bond acceptors (Lipinski definition) is 3. The normalized spacial score (nSPS) is 16.4. The van der Waals surface area contributed by atoms with Crippen molar-refractivity contribution in [2.45, 2.75) is 10.9 Å². The number of nitrogens with one attached hydrogen (secondary N) is 1. The lowest BCUT2D eigenvalue weighted by molar-refractivity contribution is 0.274. The minimum absolute atomic E-state index is 0. The molecule has 1 heterocycles. The van der Waals surface area contributed by atoms with E-state index in [0.717, 1.165) is 12.1 Å². The van der Waals surface area contributed by atoms with E-state index >= 15 is 0 Å². The molecule has 4 nitrogen and oxygen atoms in total. The summed E-state index contributed by atoms with van der Waals surface area (Å²) in [5, 5.41) is 3.01. The summed E-state index contributed by atoms with van der Waals surface area (Å²) in [6, 6.07) is 4.87. The Morgan fingerprint density at radius 1 is 1.29 bits per heavy atom. The Kier molecular flexibility index (Phi) is 4.48. The molecule has 0 aliphatic carbocycles. The Hall–Kier alpha value is -0.690. The molecule has 0 aromatic heterocycles. The fourth-order valence-corrected chi connectivity index (χ4v) is 2.85. The quantitative estimate of drug-likeness (QED) is 0.893. The maximum atomic E-state index is 12.7. The van der Waals surface area contributed by atoms with Crippen molar-refractivity contribution in [3.63, 3.8) is 0 Å². The third-order valence-corrected chi connectivity index (χ3v) is 4.69. The van der Waals surface area contributed by atoms with Gasteiger partial charge in [0.2, 0.25) is 10.0 Å². The zero-order valence-electron chi connectivity index (χ0n) is 9.26. The van der Waals surface area contributed by atoms with Crippen molar-refractivity contribution in [1.29, 1.82) is 0 Å². The van der Waals surface area contributed by atoms with E-state index in [4.69, 9.17) is 0 Å². The average molecular weight is 281 g/mol. The van der Waals surface area contributed by atoms with Crippen LogP contribution in [0.3, 0.4) is 0 Å². The van der Waals surface area contributed by atoms with Crippen LogP contribution in [0.2, 0.25) is 0 Å². The van der Waals surface area contributed by atoms with Gasteiger partial charge in [-0.05, 0) is 24.3 Å². The lowest BCUT2D eigenvalue weighted by atomic mass is 10.2. The third kappa shape index (κ3) is 2.77. The number of nitrogens with zero attached hydrogens (tertiary/aromatic N) is 1. The van der Waals surface area contributed by atoms with Gasteiger partial charge in [0.25, 0.3) is 0 Å². The molecule has 0 spiro atoms. The van der Waals surface area contributed by atoms with E-state index in [0.29, 0.717) is 13.1 Å². The maximum absolute atomic E-state index is 12.7. The zero-order chi connectivity index (χ0) is 11.8. The molecule has 1 aliphatic rings. The molecule has 1 fully saturated rings. The van der Waals surface area contributed by atoms with E-state index in [-0.39, 0.29) is 23.3 Å². The molecule has 1 saturated heterocycles. The topological polar surface area (TPSA) is 49.4 Å². The molecule has 96 valence electrons. The summed E-state index contributed by atoms with van der Waals surface area (Å²) in [6.45, 7) is 1.33. The van der Waals surface area contributed by atoms with Crippen LogP contribution in [0.5, 0.6) is 0 Å². The largest absolute Gasteiger partial charge is 0.313 e. The van der Waals surface area contributed by atoms with Crippen LogP contribution in [0.25, 0.3) is 0 Å². The third-order valence-electron chi connectivity index (χ3n) is 2.76. The van der Waals surface area contributed by atoms with E-state index in [1.165, 1.54) is 16.4 Å². The number of likely N-dealkylation sites (N-methyl/N-ethyl adjacent to an activating group) is 1. The van der Waals surface area contributed by atoms with E-state index < -0.39 is 15.8 Å². The summed E-state index contributed by atoms with van der Waals surface area (Å²) >= 11 is 0. The first kappa shape index (κ1) is 14.4. The molecule has 0 bridgehead atoms. The molecule has 1 aromatic carbocycles. The summed E-state index contributed by atoms with van der Waals surface area (Å²) in [5.74, 6) is -0.438. The van der Waals surface area contributed by atoms with Crippen molar-refractivity contribution in [1.82, 2.24) is 9.62 Å². The van der Waals surface area contributed by atoms with Crippen LogP contribution < -0.4 is 5.32 Å². The molecule has 17 heavy (non-hydrogen) atoms. The van der Waals surface area contributed by atoms with Crippen molar-refractivity contribution in [3.8, 4) is 0 Å². The molecule has 0 unspecified atom stereocenters. The van der Waals surface area contributed by atoms with Crippen LogP contribution in [0.1, 0.15) is 0 Å². The van der Waals surface area contributed by atoms with Gasteiger partial charge in [-0.25, -0.2) is 12.8 Å². The highest BCUT2D eigenvalue weighted by Gasteiger charge is 2.31. The van der Waals surface area contributed by atoms with Gasteiger partial charge in [-0.1, -0.05) is 0 Å². The van der Waals surface area contributed by atoms with Crippen molar-refractivity contribution in [3.05, 3.63) is 30.1 Å². The number of sulfonamides is 1. The number of benzene rings is 1. The minimum atomic E-state index is -3.49. The summed E-state index contributed by atoms with van der Waals surface area (Å²) in [5.41, 5.74) is 0. The second-order valence-electron chi connectivity index (χ2n) is 3.79. The van der Waals surface area contributed by atoms with E-state index in [1.807, 2.05) is 0 Å². The average Bonchev–Trinajstić information content (AvgIpc) is 2.15. The summed E-state index contributed by atoms with van der Waals surface area (Å²) in [7, 11) is -1.94. The van der Waals surface area contributed by atoms with Crippen LogP contribution in [-0.4, -0.2) is 38.9 Å². The second kappa shape index (κ2) is 5.30. The van der Waals surface area contributed by atoms with Gasteiger partial charge in [0.15, 0.2) is 0 Å². The van der Waals surface area contributed by atoms with Crippen molar-refractivity contribution < 1.29 is 12.8 Å². The number of halogens is 2. The first-order valence-corrected chi connectivity index (χ1v) is 6.40. The van der Waals surface area contributed by atoms with Crippen LogP contribution in [0.4, 0.5) is 4.39 Å². The van der Waals surface area contributed by atoms with E-state index in [2.05, 4.69) is 5.32 Å². The molecule has 1 aromatic rings. The van der Waals surface area contributed by atoms with Gasteiger partial charge in [0.05, 0.1) is 4.90 Å². The molecule has 2 rings (SSSR count). The summed E-state index contributed by atoms with van der Waals surface area (Å²) < 4.78 is 38.1. The fraction of sp³-hybridized carbons (Fsp3) is 0.400. The summed E-state index contributed by atoms with van der Waals surface area (Å²) in [6.07, 6.45) is 0. The fourth-order valence-electron chi connectivity index (χ4n) is 1.50. The molecule has 0 saturated carbocycles. The van der Waals surface area contributed by atoms with Gasteiger partial charge in [-0.3, -0.25) is 0 Å². The lowest BCUT2D eigenvalue weighted by Gasteiger charge is -2.34. The van der Waals surface area contributed by atoms with Gasteiger partial charge in [0, 0.05) is 26.2 Å².